The minimum Gasteiger partial charge on any atom is -0.508 e. The molecular weight excluding hydrogens is 835 g/mol. The van der Waals surface area contributed by atoms with Crippen molar-refractivity contribution in [2.75, 3.05) is 65.6 Å². The molecule has 0 aromatic heterocycles. The van der Waals surface area contributed by atoms with E-state index in [0.717, 1.165) is 87.1 Å². The first kappa shape index (κ1) is 47.0. The van der Waals surface area contributed by atoms with Gasteiger partial charge >= 0.3 is 12.2 Å². The largest absolute Gasteiger partial charge is 0.508 e. The number of amides is 2. The van der Waals surface area contributed by atoms with Crippen LogP contribution < -0.4 is 4.74 Å². The Morgan fingerprint density at radius 3 is 1.58 bits per heavy atom. The number of benzene rings is 3. The predicted molar refractivity (Wildman–Crippen MR) is 242 cm³/mol. The van der Waals surface area contributed by atoms with E-state index in [1.807, 2.05) is 71.9 Å². The van der Waals surface area contributed by atoms with Crippen LogP contribution in [0.15, 0.2) is 66.7 Å². The van der Waals surface area contributed by atoms with Gasteiger partial charge in [-0.15, -0.1) is 0 Å². The molecule has 0 bridgehead atoms. The first-order valence-electron chi connectivity index (χ1n) is 23.5. The lowest BCUT2D eigenvalue weighted by atomic mass is 9.86. The molecule has 6 aliphatic rings. The highest BCUT2D eigenvalue weighted by molar-refractivity contribution is 5.70. The van der Waals surface area contributed by atoms with Gasteiger partial charge in [-0.1, -0.05) is 30.3 Å². The van der Waals surface area contributed by atoms with Crippen LogP contribution in [0.5, 0.6) is 11.5 Å². The van der Waals surface area contributed by atoms with Crippen LogP contribution in [0, 0.1) is 11.6 Å². The minimum atomic E-state index is -0.489. The number of carbonyl (C=O) groups excluding carboxylic acids is 2. The number of hydrogen-bond acceptors (Lipinski definition) is 10. The van der Waals surface area contributed by atoms with E-state index >= 15 is 0 Å². The van der Waals surface area contributed by atoms with E-state index < -0.39 is 11.2 Å². The van der Waals surface area contributed by atoms with Crippen LogP contribution in [-0.4, -0.2) is 137 Å². The molecule has 6 fully saturated rings. The number of nitrogens with zero attached hydrogens (tertiary/aromatic N) is 4. The molecule has 3 aromatic carbocycles. The zero-order valence-electron chi connectivity index (χ0n) is 39.0. The molecule has 0 aliphatic carbocycles. The number of phenolic OH excluding ortho intramolecular Hbond substituents is 1. The molecule has 9 rings (SSSR count). The molecule has 2 unspecified atom stereocenters. The van der Waals surface area contributed by atoms with Gasteiger partial charge in [0.2, 0.25) is 0 Å². The Balaban J connectivity index is 0.000000181. The Hall–Kier alpha value is -4.50. The van der Waals surface area contributed by atoms with Crippen LogP contribution in [0.1, 0.15) is 109 Å². The van der Waals surface area contributed by atoms with Crippen molar-refractivity contribution in [3.05, 3.63) is 95.1 Å². The number of carbonyl (C=O) groups is 2. The fourth-order valence-electron chi connectivity index (χ4n) is 10.5. The van der Waals surface area contributed by atoms with Crippen LogP contribution in [0.2, 0.25) is 0 Å². The van der Waals surface area contributed by atoms with E-state index in [-0.39, 0.29) is 52.6 Å². The van der Waals surface area contributed by atoms with Gasteiger partial charge in [-0.25, -0.2) is 18.4 Å². The summed E-state index contributed by atoms with van der Waals surface area (Å²) < 4.78 is 57.1. The fraction of sp³-hybridized carbons (Fsp3) is 0.608. The highest BCUT2D eigenvalue weighted by Crippen LogP contribution is 2.43. The Morgan fingerprint density at radius 2 is 1.11 bits per heavy atom. The average molecular weight is 903 g/mol. The summed E-state index contributed by atoms with van der Waals surface area (Å²) in [6, 6.07) is 19.8. The minimum absolute atomic E-state index is 0.185. The third-order valence-corrected chi connectivity index (χ3v) is 13.8. The SMILES string of the molecule is CC(C)(C)OC(=O)N1CC2(CC(N3CCC(c4cc(F)ccc4O)CC3)CO2)C1.CC(C)(C)OC(=O)N1CC2(CC(N3CCC(c4cc(F)ccc4OCc4ccccc4)CC3)CO2)C1. The normalized spacial score (nSPS) is 23.7. The zero-order chi connectivity index (χ0) is 46.1. The summed E-state index contributed by atoms with van der Waals surface area (Å²) >= 11 is 0. The number of piperidine rings is 2. The highest BCUT2D eigenvalue weighted by Gasteiger charge is 2.54. The van der Waals surface area contributed by atoms with Crippen molar-refractivity contribution in [3.8, 4) is 11.5 Å². The molecule has 6 saturated heterocycles. The maximum Gasteiger partial charge on any atom is 0.410 e. The van der Waals surface area contributed by atoms with Crippen molar-refractivity contribution in [3.63, 3.8) is 0 Å². The summed E-state index contributed by atoms with van der Waals surface area (Å²) in [5.41, 5.74) is 1.33. The number of hydrogen-bond donors (Lipinski definition) is 1. The van der Waals surface area contributed by atoms with Crippen molar-refractivity contribution in [1.82, 2.24) is 19.6 Å². The molecule has 3 aromatic rings. The molecule has 6 aliphatic heterocycles. The van der Waals surface area contributed by atoms with Gasteiger partial charge in [0.25, 0.3) is 0 Å². The topological polar surface area (TPSA) is 113 Å². The van der Waals surface area contributed by atoms with E-state index in [9.17, 15) is 23.5 Å². The first-order chi connectivity index (χ1) is 30.8. The second-order valence-electron chi connectivity index (χ2n) is 21.2. The quantitative estimate of drug-likeness (QED) is 0.247. The summed E-state index contributed by atoms with van der Waals surface area (Å²) in [5, 5.41) is 10.1. The van der Waals surface area contributed by atoms with Gasteiger partial charge in [-0.05, 0) is 166 Å². The van der Waals surface area contributed by atoms with Crippen LogP contribution in [0.25, 0.3) is 0 Å². The molecule has 1 N–H and O–H groups in total. The van der Waals surface area contributed by atoms with Crippen LogP contribution >= 0.6 is 0 Å². The van der Waals surface area contributed by atoms with Crippen molar-refractivity contribution in [2.24, 2.45) is 0 Å². The van der Waals surface area contributed by atoms with Gasteiger partial charge in [0.05, 0.1) is 39.4 Å². The Morgan fingerprint density at radius 1 is 0.662 bits per heavy atom. The highest BCUT2D eigenvalue weighted by atomic mass is 19.1. The lowest BCUT2D eigenvalue weighted by Gasteiger charge is -2.47. The van der Waals surface area contributed by atoms with Gasteiger partial charge in [0.15, 0.2) is 0 Å². The maximum atomic E-state index is 14.2. The summed E-state index contributed by atoms with van der Waals surface area (Å²) in [4.78, 5) is 32.9. The Kier molecular flexibility index (Phi) is 13.7. The Labute approximate surface area is 383 Å². The van der Waals surface area contributed by atoms with Crippen molar-refractivity contribution in [2.45, 2.75) is 133 Å². The first-order valence-corrected chi connectivity index (χ1v) is 23.5. The van der Waals surface area contributed by atoms with Crippen LogP contribution in [0.4, 0.5) is 18.4 Å². The molecule has 6 heterocycles. The van der Waals surface area contributed by atoms with Gasteiger partial charge in [0.1, 0.15) is 52.1 Å². The smallest absolute Gasteiger partial charge is 0.410 e. The van der Waals surface area contributed by atoms with Gasteiger partial charge in [-0.2, -0.15) is 0 Å². The molecule has 2 amide bonds. The lowest BCUT2D eigenvalue weighted by molar-refractivity contribution is -0.109. The van der Waals surface area contributed by atoms with Crippen molar-refractivity contribution >= 4 is 12.2 Å². The molecular formula is C51H68F2N4O8. The summed E-state index contributed by atoms with van der Waals surface area (Å²) in [5.74, 6) is 0.897. The molecule has 0 radical (unpaired) electrons. The number of ether oxygens (including phenoxy) is 5. The Bertz CT molecular complexity index is 2120. The van der Waals surface area contributed by atoms with E-state index in [0.29, 0.717) is 58.1 Å². The summed E-state index contributed by atoms with van der Waals surface area (Å²) in [6.07, 6.45) is 5.02. The number of likely N-dealkylation sites (tertiary alicyclic amines) is 4. The number of halogens is 2. The lowest BCUT2D eigenvalue weighted by Crippen LogP contribution is -2.64. The molecule has 354 valence electrons. The predicted octanol–water partition coefficient (Wildman–Crippen LogP) is 8.85. The average Bonchev–Trinajstić information content (AvgIpc) is 3.90. The standard InChI is InChI=1S/C29H37FN2O4.C22H31FN2O4/c1-28(2,3)36-27(33)32-19-29(20-32)16-24(18-35-29)31-13-11-22(12-14-31)25-15-23(30)9-10-26(25)34-17-21-7-5-4-6-8-21;1-21(2,3)29-20(27)25-13-22(14-25)11-17(12-28-22)24-8-6-15(7-9-24)18-10-16(23)4-5-19(18)26/h4-10,15,22,24H,11-14,16-20H2,1-3H3;4-5,10,15,17,26H,6-9,11-14H2,1-3H3. The molecule has 0 saturated carbocycles. The third kappa shape index (κ3) is 11.6. The molecule has 65 heavy (non-hydrogen) atoms. The molecule has 2 atom stereocenters. The van der Waals surface area contributed by atoms with Gasteiger partial charge in [0, 0.05) is 17.6 Å². The summed E-state index contributed by atoms with van der Waals surface area (Å²) in [7, 11) is 0. The van der Waals surface area contributed by atoms with E-state index in [4.69, 9.17) is 23.7 Å². The van der Waals surface area contributed by atoms with Crippen molar-refractivity contribution in [1.29, 1.82) is 0 Å². The van der Waals surface area contributed by atoms with E-state index in [1.165, 1.54) is 24.3 Å². The third-order valence-electron chi connectivity index (χ3n) is 13.8. The molecule has 2 spiro atoms. The number of rotatable bonds is 7. The van der Waals surface area contributed by atoms with E-state index in [2.05, 4.69) is 9.80 Å². The van der Waals surface area contributed by atoms with Gasteiger partial charge in [-0.3, -0.25) is 9.80 Å². The maximum absolute atomic E-state index is 14.2. The van der Waals surface area contributed by atoms with Crippen molar-refractivity contribution < 1.29 is 47.2 Å². The van der Waals surface area contributed by atoms with E-state index in [1.54, 1.807) is 21.9 Å². The molecule has 12 nitrogen and oxygen atoms in total. The van der Waals surface area contributed by atoms with Crippen LogP contribution in [0.3, 0.4) is 0 Å². The molecule has 14 heteroatoms. The fourth-order valence-corrected chi connectivity index (χ4v) is 10.5. The van der Waals surface area contributed by atoms with Crippen LogP contribution in [-0.2, 0) is 25.6 Å². The second kappa shape index (κ2) is 19.0. The second-order valence-corrected chi connectivity index (χ2v) is 21.2. The summed E-state index contributed by atoms with van der Waals surface area (Å²) in [6.45, 7) is 19.2. The zero-order valence-corrected chi connectivity index (χ0v) is 39.0. The van der Waals surface area contributed by atoms with Gasteiger partial charge < -0.3 is 38.6 Å². The number of aromatic hydroxyl groups is 1. The monoisotopic (exact) mass is 903 g/mol. The number of phenols is 1.